The van der Waals surface area contributed by atoms with Gasteiger partial charge in [0, 0.05) is 35.4 Å². The molecule has 0 bridgehead atoms. The summed E-state index contributed by atoms with van der Waals surface area (Å²) in [6.45, 7) is 0.463. The van der Waals surface area contributed by atoms with Gasteiger partial charge in [-0.1, -0.05) is 42.5 Å². The summed E-state index contributed by atoms with van der Waals surface area (Å²) in [6, 6.07) is 21.9. The topological polar surface area (TPSA) is 65.5 Å². The van der Waals surface area contributed by atoms with Gasteiger partial charge in [0.05, 0.1) is 18.3 Å². The maximum Gasteiger partial charge on any atom is 0.253 e. The van der Waals surface area contributed by atoms with E-state index in [4.69, 9.17) is 0 Å². The molecule has 2 N–H and O–H groups in total. The van der Waals surface area contributed by atoms with Crippen LogP contribution in [0.15, 0.2) is 77.4 Å². The minimum Gasteiger partial charge on any atom is -0.387 e. The number of hydrogen-bond acceptors (Lipinski definition) is 4. The highest BCUT2D eigenvalue weighted by Crippen LogP contribution is 2.26. The van der Waals surface area contributed by atoms with E-state index >= 15 is 0 Å². The van der Waals surface area contributed by atoms with Crippen LogP contribution in [0.25, 0.3) is 0 Å². The molecule has 1 aliphatic heterocycles. The maximum atomic E-state index is 12.8. The maximum absolute atomic E-state index is 12.8. The number of aromatic nitrogens is 1. The number of benzene rings is 2. The van der Waals surface area contributed by atoms with Crippen LogP contribution in [0.2, 0.25) is 0 Å². The van der Waals surface area contributed by atoms with Gasteiger partial charge >= 0.3 is 0 Å². The molecule has 3 atom stereocenters. The summed E-state index contributed by atoms with van der Waals surface area (Å²) in [7, 11) is 1.79. The quantitative estimate of drug-likeness (QED) is 0.507. The summed E-state index contributed by atoms with van der Waals surface area (Å²) < 4.78 is 0.920. The number of carbonyl (C=O) groups excluding carboxylic acids is 1. The molecule has 4 rings (SSSR count). The fourth-order valence-corrected chi connectivity index (χ4v) is 4.48. The lowest BCUT2D eigenvalue weighted by molar-refractivity contribution is 0.0783. The molecule has 1 aliphatic rings. The standard InChI is InChI=1S/C26H28BrN3O2/c1-30(17-23-12-11-21(27)16-28-23)26(32)20-9-7-18(8-10-20)15-22-13-14-24(29-22)25(31)19-5-3-2-4-6-19/h2-12,16,22,24-25,29,31H,13-15,17H2,1H3/t22-,24+,25+/m0/s1. The van der Waals surface area contributed by atoms with Crippen LogP contribution in [0.1, 0.15) is 46.1 Å². The van der Waals surface area contributed by atoms with Crippen LogP contribution in [0.3, 0.4) is 0 Å². The Morgan fingerprint density at radius 3 is 2.56 bits per heavy atom. The van der Waals surface area contributed by atoms with Gasteiger partial charge in [-0.3, -0.25) is 9.78 Å². The molecule has 0 saturated carbocycles. The van der Waals surface area contributed by atoms with Crippen molar-refractivity contribution in [2.75, 3.05) is 7.05 Å². The lowest BCUT2D eigenvalue weighted by atomic mass is 10.0. The predicted molar refractivity (Wildman–Crippen MR) is 129 cm³/mol. The summed E-state index contributed by atoms with van der Waals surface area (Å²) in [5.74, 6) is -0.0219. The number of aliphatic hydroxyl groups excluding tert-OH is 1. The van der Waals surface area contributed by atoms with Crippen LogP contribution in [0.4, 0.5) is 0 Å². The van der Waals surface area contributed by atoms with Crippen LogP contribution < -0.4 is 5.32 Å². The van der Waals surface area contributed by atoms with Crippen LogP contribution in [-0.2, 0) is 13.0 Å². The van der Waals surface area contributed by atoms with E-state index in [1.54, 1.807) is 18.1 Å². The highest BCUT2D eigenvalue weighted by Gasteiger charge is 2.29. The molecule has 0 aliphatic carbocycles. The van der Waals surface area contributed by atoms with E-state index in [0.717, 1.165) is 35.0 Å². The van der Waals surface area contributed by atoms with Crippen molar-refractivity contribution in [3.8, 4) is 0 Å². The zero-order valence-electron chi connectivity index (χ0n) is 18.1. The summed E-state index contributed by atoms with van der Waals surface area (Å²) in [6.07, 6.45) is 4.11. The fraction of sp³-hybridized carbons (Fsp3) is 0.308. The molecule has 1 saturated heterocycles. The van der Waals surface area contributed by atoms with Crippen molar-refractivity contribution in [3.05, 3.63) is 99.8 Å². The fourth-order valence-electron chi connectivity index (χ4n) is 4.25. The van der Waals surface area contributed by atoms with Gasteiger partial charge in [0.15, 0.2) is 0 Å². The van der Waals surface area contributed by atoms with Crippen LogP contribution >= 0.6 is 15.9 Å². The molecule has 0 spiro atoms. The Balaban J connectivity index is 1.31. The molecule has 2 heterocycles. The number of halogens is 1. The Morgan fingerprint density at radius 2 is 1.88 bits per heavy atom. The molecule has 1 amide bonds. The Morgan fingerprint density at radius 1 is 1.12 bits per heavy atom. The van der Waals surface area contributed by atoms with Crippen molar-refractivity contribution in [2.45, 2.75) is 44.0 Å². The van der Waals surface area contributed by atoms with Gasteiger partial charge in [-0.15, -0.1) is 0 Å². The molecule has 6 heteroatoms. The predicted octanol–water partition coefficient (Wildman–Crippen LogP) is 4.51. The van der Waals surface area contributed by atoms with E-state index in [0.29, 0.717) is 18.2 Å². The van der Waals surface area contributed by atoms with Crippen molar-refractivity contribution in [3.63, 3.8) is 0 Å². The number of rotatable bonds is 7. The van der Waals surface area contributed by atoms with E-state index in [2.05, 4.69) is 26.2 Å². The minimum atomic E-state index is -0.489. The Hall–Kier alpha value is -2.54. The van der Waals surface area contributed by atoms with Crippen LogP contribution in [0, 0.1) is 0 Å². The van der Waals surface area contributed by atoms with Crippen molar-refractivity contribution >= 4 is 21.8 Å². The van der Waals surface area contributed by atoms with Gasteiger partial charge in [-0.2, -0.15) is 0 Å². The number of nitrogens with one attached hydrogen (secondary N) is 1. The average Bonchev–Trinajstić information content (AvgIpc) is 3.29. The first-order valence-corrected chi connectivity index (χ1v) is 11.7. The molecule has 5 nitrogen and oxygen atoms in total. The molecule has 3 aromatic rings. The van der Waals surface area contributed by atoms with Gasteiger partial charge in [0.2, 0.25) is 0 Å². The zero-order valence-corrected chi connectivity index (χ0v) is 19.7. The Labute approximate surface area is 197 Å². The SMILES string of the molecule is CN(Cc1ccc(Br)cn1)C(=O)c1ccc(C[C@@H]2CC[C@H]([C@H](O)c3ccccc3)N2)cc1. The highest BCUT2D eigenvalue weighted by molar-refractivity contribution is 9.10. The average molecular weight is 494 g/mol. The van der Waals surface area contributed by atoms with Crippen LogP contribution in [0.5, 0.6) is 0 Å². The molecular formula is C26H28BrN3O2. The number of amides is 1. The second-order valence-corrected chi connectivity index (χ2v) is 9.35. The van der Waals surface area contributed by atoms with E-state index in [1.165, 1.54) is 5.56 Å². The Bertz CT molecular complexity index is 1030. The van der Waals surface area contributed by atoms with Gasteiger partial charge in [0.25, 0.3) is 5.91 Å². The summed E-state index contributed by atoms with van der Waals surface area (Å²) in [5, 5.41) is 14.3. The minimum absolute atomic E-state index is 0.0219. The smallest absolute Gasteiger partial charge is 0.253 e. The largest absolute Gasteiger partial charge is 0.387 e. The van der Waals surface area contributed by atoms with Gasteiger partial charge in [0.1, 0.15) is 0 Å². The van der Waals surface area contributed by atoms with Crippen molar-refractivity contribution in [1.82, 2.24) is 15.2 Å². The van der Waals surface area contributed by atoms with E-state index < -0.39 is 6.10 Å². The number of nitrogens with zero attached hydrogens (tertiary/aromatic N) is 2. The monoisotopic (exact) mass is 493 g/mol. The zero-order chi connectivity index (χ0) is 22.5. The lowest BCUT2D eigenvalue weighted by Gasteiger charge is -2.20. The molecule has 1 aromatic heterocycles. The first-order valence-electron chi connectivity index (χ1n) is 10.9. The highest BCUT2D eigenvalue weighted by atomic mass is 79.9. The van der Waals surface area contributed by atoms with E-state index in [-0.39, 0.29) is 11.9 Å². The molecule has 166 valence electrons. The van der Waals surface area contributed by atoms with Crippen LogP contribution in [-0.4, -0.2) is 40.0 Å². The molecular weight excluding hydrogens is 466 g/mol. The number of carbonyl (C=O) groups is 1. The summed E-state index contributed by atoms with van der Waals surface area (Å²) in [4.78, 5) is 18.8. The van der Waals surface area contributed by atoms with Gasteiger partial charge in [-0.05, 0) is 70.6 Å². The van der Waals surface area contributed by atoms with Gasteiger partial charge < -0.3 is 15.3 Å². The number of pyridine rings is 1. The summed E-state index contributed by atoms with van der Waals surface area (Å²) in [5.41, 5.74) is 3.66. The Kier molecular flexibility index (Phi) is 7.35. The third-order valence-corrected chi connectivity index (χ3v) is 6.48. The normalized spacial score (nSPS) is 19.0. The number of aliphatic hydroxyl groups is 1. The van der Waals surface area contributed by atoms with Crippen molar-refractivity contribution < 1.29 is 9.90 Å². The second-order valence-electron chi connectivity index (χ2n) is 8.43. The molecule has 0 unspecified atom stereocenters. The molecule has 0 radical (unpaired) electrons. The molecule has 32 heavy (non-hydrogen) atoms. The van der Waals surface area contributed by atoms with Gasteiger partial charge in [-0.25, -0.2) is 0 Å². The third kappa shape index (κ3) is 5.63. The first-order chi connectivity index (χ1) is 15.5. The lowest BCUT2D eigenvalue weighted by Crippen LogP contribution is -2.35. The molecule has 1 fully saturated rings. The van der Waals surface area contributed by atoms with E-state index in [9.17, 15) is 9.90 Å². The van der Waals surface area contributed by atoms with Crippen molar-refractivity contribution in [1.29, 1.82) is 0 Å². The summed E-state index contributed by atoms with van der Waals surface area (Å²) >= 11 is 3.38. The molecule has 2 aromatic carbocycles. The van der Waals surface area contributed by atoms with E-state index in [1.807, 2.05) is 66.7 Å². The first kappa shape index (κ1) is 22.6. The van der Waals surface area contributed by atoms with Crippen molar-refractivity contribution in [2.24, 2.45) is 0 Å². The second kappa shape index (κ2) is 10.4. The number of hydrogen-bond donors (Lipinski definition) is 2. The third-order valence-electron chi connectivity index (χ3n) is 6.02.